The molecule has 0 aromatic rings. The van der Waals surface area contributed by atoms with E-state index in [1.807, 2.05) is 0 Å². The van der Waals surface area contributed by atoms with Crippen molar-refractivity contribution in [2.75, 3.05) is 25.2 Å². The molecule has 0 saturated carbocycles. The van der Waals surface area contributed by atoms with Crippen molar-refractivity contribution in [2.24, 2.45) is 11.8 Å². The summed E-state index contributed by atoms with van der Waals surface area (Å²) in [5.41, 5.74) is 0. The van der Waals surface area contributed by atoms with Crippen LogP contribution in [0.2, 0.25) is 0 Å². The van der Waals surface area contributed by atoms with Crippen molar-refractivity contribution in [3.63, 3.8) is 0 Å². The Morgan fingerprint density at radius 1 is 1.50 bits per heavy atom. The van der Waals surface area contributed by atoms with Crippen molar-refractivity contribution >= 4 is 20.9 Å². The average Bonchev–Trinajstić information content (AvgIpc) is 1.91. The molecule has 0 N–H and O–H groups in total. The van der Waals surface area contributed by atoms with Gasteiger partial charge in [-0.3, -0.25) is 0 Å². The normalized spacial score (nSPS) is 31.8. The zero-order valence-corrected chi connectivity index (χ0v) is 9.03. The van der Waals surface area contributed by atoms with E-state index in [1.165, 1.54) is 12.2 Å². The van der Waals surface area contributed by atoms with Crippen LogP contribution in [0.25, 0.3) is 0 Å². The van der Waals surface area contributed by atoms with Crippen LogP contribution in [0, 0.1) is 11.8 Å². The zero-order valence-electron chi connectivity index (χ0n) is 8.21. The van der Waals surface area contributed by atoms with E-state index in [0.717, 1.165) is 19.1 Å². The Bertz CT molecular complexity index is 228. The van der Waals surface area contributed by atoms with Crippen molar-refractivity contribution in [3.8, 4) is 0 Å². The molecule has 0 amide bonds. The third-order valence-corrected chi connectivity index (χ3v) is 3.67. The van der Waals surface area contributed by atoms with Gasteiger partial charge >= 0.3 is 0 Å². The lowest BCUT2D eigenvalue weighted by molar-refractivity contribution is 0.0317. The maximum atomic E-state index is 5.39. The van der Waals surface area contributed by atoms with Crippen LogP contribution in [-0.4, -0.2) is 37.0 Å². The molecule has 0 bridgehead atoms. The fraction of sp³-hybridized carbons (Fsp3) is 0.800. The van der Waals surface area contributed by atoms with Gasteiger partial charge in [0.25, 0.3) is 0 Å². The summed E-state index contributed by atoms with van der Waals surface area (Å²) in [6, 6.07) is 0. The average molecular weight is 188 g/mol. The van der Waals surface area contributed by atoms with Crippen LogP contribution in [-0.2, 0) is 4.74 Å². The second-order valence-electron chi connectivity index (χ2n) is 4.25. The first-order valence-corrected chi connectivity index (χ1v) is 7.04. The third kappa shape index (κ3) is 3.20. The molecule has 1 aliphatic rings. The molecule has 0 spiro atoms. The lowest BCUT2D eigenvalue weighted by Crippen LogP contribution is -2.27. The van der Waals surface area contributed by atoms with Crippen molar-refractivity contribution in [2.45, 2.75) is 13.3 Å². The summed E-state index contributed by atoms with van der Waals surface area (Å²) >= 11 is 0. The van der Waals surface area contributed by atoms with E-state index in [-0.39, 0.29) is 0 Å². The largest absolute Gasteiger partial charge is 0.381 e. The van der Waals surface area contributed by atoms with E-state index in [4.69, 9.17) is 4.74 Å². The van der Waals surface area contributed by atoms with Gasteiger partial charge in [-0.05, 0) is 30.3 Å². The van der Waals surface area contributed by atoms with Gasteiger partial charge in [0, 0.05) is 13.2 Å². The molecule has 0 aromatic carbocycles. The van der Waals surface area contributed by atoms with Gasteiger partial charge in [-0.2, -0.15) is 0 Å². The minimum Gasteiger partial charge on any atom is -0.381 e. The highest BCUT2D eigenvalue weighted by molar-refractivity contribution is 8.27. The molecule has 1 aliphatic heterocycles. The maximum absolute atomic E-state index is 5.39. The summed E-state index contributed by atoms with van der Waals surface area (Å²) in [6.07, 6.45) is 3.39. The highest BCUT2D eigenvalue weighted by atomic mass is 32.2. The Morgan fingerprint density at radius 2 is 2.17 bits per heavy atom. The van der Waals surface area contributed by atoms with Gasteiger partial charge in [-0.25, -0.2) is 9.21 Å². The molecular formula is C10H20OS. The topological polar surface area (TPSA) is 9.23 Å². The van der Waals surface area contributed by atoms with Crippen LogP contribution < -0.4 is 0 Å². The van der Waals surface area contributed by atoms with Gasteiger partial charge in [0.05, 0.1) is 0 Å². The molecule has 0 radical (unpaired) electrons. The van der Waals surface area contributed by atoms with Crippen LogP contribution in [0.1, 0.15) is 13.3 Å². The zero-order chi connectivity index (χ0) is 9.19. The van der Waals surface area contributed by atoms with Crippen LogP contribution in [0.3, 0.4) is 0 Å². The predicted molar refractivity (Wildman–Crippen MR) is 60.7 cm³/mol. The number of hydrogen-bond acceptors (Lipinski definition) is 1. The number of ether oxygens (including phenoxy) is 1. The molecule has 72 valence electrons. The molecule has 0 aromatic heterocycles. The summed E-state index contributed by atoms with van der Waals surface area (Å²) in [7, 11) is -0.812. The van der Waals surface area contributed by atoms with Crippen molar-refractivity contribution < 1.29 is 4.74 Å². The first-order chi connectivity index (χ1) is 5.49. The molecule has 1 heterocycles. The molecule has 2 atom stereocenters. The summed E-state index contributed by atoms with van der Waals surface area (Å²) < 4.78 is 5.39. The quantitative estimate of drug-likeness (QED) is 0.602. The van der Waals surface area contributed by atoms with E-state index in [2.05, 4.69) is 24.9 Å². The van der Waals surface area contributed by atoms with Gasteiger partial charge in [0.2, 0.25) is 0 Å². The molecular weight excluding hydrogens is 168 g/mol. The van der Waals surface area contributed by atoms with Gasteiger partial charge in [-0.15, -0.1) is 0 Å². The van der Waals surface area contributed by atoms with Crippen LogP contribution >= 0.6 is 9.21 Å². The Labute approximate surface area is 76.6 Å². The monoisotopic (exact) mass is 188 g/mol. The SMILES string of the molecule is C=S(=C)(C)CC1CCOC[C@@H]1C. The summed E-state index contributed by atoms with van der Waals surface area (Å²) in [6.45, 7) is 4.14. The highest BCUT2D eigenvalue weighted by Crippen LogP contribution is 2.28. The summed E-state index contributed by atoms with van der Waals surface area (Å²) in [4.78, 5) is 0. The number of rotatable bonds is 2. The molecule has 1 fully saturated rings. The van der Waals surface area contributed by atoms with E-state index in [0.29, 0.717) is 5.92 Å². The Morgan fingerprint density at radius 3 is 2.67 bits per heavy atom. The van der Waals surface area contributed by atoms with Crippen molar-refractivity contribution in [1.29, 1.82) is 0 Å². The number of hydrogen-bond donors (Lipinski definition) is 0. The lowest BCUT2D eigenvalue weighted by Gasteiger charge is -2.30. The maximum Gasteiger partial charge on any atom is 0.0494 e. The molecule has 2 heteroatoms. The molecule has 1 saturated heterocycles. The Kier molecular flexibility index (Phi) is 3.24. The second-order valence-corrected chi connectivity index (χ2v) is 7.54. The standard InChI is InChI=1S/C10H20OS/c1-9-7-11-6-5-10(9)8-12(2,3)4/h9-10H,2-3,5-8H2,1,4H3/t9-,10?/m0/s1. The van der Waals surface area contributed by atoms with Crippen molar-refractivity contribution in [1.82, 2.24) is 0 Å². The predicted octanol–water partition coefficient (Wildman–Crippen LogP) is 1.96. The third-order valence-electron chi connectivity index (χ3n) is 2.43. The van der Waals surface area contributed by atoms with E-state index in [1.54, 1.807) is 0 Å². The van der Waals surface area contributed by atoms with Gasteiger partial charge in [0.1, 0.15) is 0 Å². The lowest BCUT2D eigenvalue weighted by atomic mass is 9.92. The summed E-state index contributed by atoms with van der Waals surface area (Å²) in [5.74, 6) is 11.0. The minimum absolute atomic E-state index is 0.703. The van der Waals surface area contributed by atoms with Crippen molar-refractivity contribution in [3.05, 3.63) is 0 Å². The van der Waals surface area contributed by atoms with Crippen LogP contribution in [0.15, 0.2) is 0 Å². The second kappa shape index (κ2) is 3.84. The first kappa shape index (κ1) is 10.1. The van der Waals surface area contributed by atoms with E-state index in [9.17, 15) is 0 Å². The molecule has 0 aliphatic carbocycles. The highest BCUT2D eigenvalue weighted by Gasteiger charge is 2.21. The molecule has 1 rings (SSSR count). The summed E-state index contributed by atoms with van der Waals surface area (Å²) in [5, 5.41) is 0. The smallest absolute Gasteiger partial charge is 0.0494 e. The molecule has 12 heavy (non-hydrogen) atoms. The van der Waals surface area contributed by atoms with Gasteiger partial charge in [-0.1, -0.05) is 18.7 Å². The van der Waals surface area contributed by atoms with Gasteiger partial charge < -0.3 is 4.74 Å². The van der Waals surface area contributed by atoms with Crippen LogP contribution in [0.5, 0.6) is 0 Å². The Hall–Kier alpha value is 0.0500. The Balaban J connectivity index is 2.50. The van der Waals surface area contributed by atoms with Gasteiger partial charge in [0.15, 0.2) is 0 Å². The molecule has 1 nitrogen and oxygen atoms in total. The molecule has 1 unspecified atom stereocenters. The van der Waals surface area contributed by atoms with E-state index < -0.39 is 9.21 Å². The fourth-order valence-electron chi connectivity index (χ4n) is 1.69. The van der Waals surface area contributed by atoms with E-state index >= 15 is 0 Å². The minimum atomic E-state index is -0.812. The fourth-order valence-corrected chi connectivity index (χ4v) is 3.22. The first-order valence-electron chi connectivity index (χ1n) is 4.49. The van der Waals surface area contributed by atoms with Crippen LogP contribution in [0.4, 0.5) is 0 Å².